The van der Waals surface area contributed by atoms with Crippen molar-refractivity contribution < 1.29 is 8.95 Å². The van der Waals surface area contributed by atoms with Gasteiger partial charge in [-0.05, 0) is 65.7 Å². The SMILES string of the molecule is COc1ccc(S(=O)c2ccc(C#C[Si](C)(C)C)cc2-c2ccc(Cl)cc2)cc1. The van der Waals surface area contributed by atoms with E-state index in [2.05, 4.69) is 31.1 Å². The summed E-state index contributed by atoms with van der Waals surface area (Å²) in [6.45, 7) is 6.65. The molecule has 1 unspecified atom stereocenters. The molecule has 3 rings (SSSR count). The highest BCUT2D eigenvalue weighted by Crippen LogP contribution is 2.31. The lowest BCUT2D eigenvalue weighted by atomic mass is 10.0. The molecule has 29 heavy (non-hydrogen) atoms. The third-order valence-corrected chi connectivity index (χ3v) is 6.77. The summed E-state index contributed by atoms with van der Waals surface area (Å²) in [5.41, 5.74) is 6.18. The van der Waals surface area contributed by atoms with Crippen molar-refractivity contribution in [3.05, 3.63) is 77.3 Å². The Morgan fingerprint density at radius 2 is 1.59 bits per heavy atom. The minimum atomic E-state index is -1.49. The maximum absolute atomic E-state index is 13.4. The zero-order chi connectivity index (χ0) is 21.0. The smallest absolute Gasteiger partial charge is 0.129 e. The first-order chi connectivity index (χ1) is 13.8. The molecule has 0 radical (unpaired) electrons. The molecule has 0 saturated heterocycles. The molecule has 0 aliphatic heterocycles. The molecule has 3 aromatic carbocycles. The Morgan fingerprint density at radius 3 is 2.17 bits per heavy atom. The van der Waals surface area contributed by atoms with Gasteiger partial charge in [0.15, 0.2) is 0 Å². The fourth-order valence-electron chi connectivity index (χ4n) is 2.71. The summed E-state index contributed by atoms with van der Waals surface area (Å²) in [6, 6.07) is 20.8. The Hall–Kier alpha value is -2.32. The molecule has 0 heterocycles. The van der Waals surface area contributed by atoms with Crippen LogP contribution in [0.15, 0.2) is 76.5 Å². The molecule has 148 valence electrons. The van der Waals surface area contributed by atoms with E-state index in [1.807, 2.05) is 66.7 Å². The summed E-state index contributed by atoms with van der Waals surface area (Å²) in [7, 11) is -1.21. The summed E-state index contributed by atoms with van der Waals surface area (Å²) in [4.78, 5) is 1.47. The van der Waals surface area contributed by atoms with Gasteiger partial charge in [0, 0.05) is 15.5 Å². The second-order valence-corrected chi connectivity index (χ2v) is 14.3. The van der Waals surface area contributed by atoms with E-state index in [1.54, 1.807) is 7.11 Å². The molecule has 5 heteroatoms. The molecule has 0 spiro atoms. The van der Waals surface area contributed by atoms with Gasteiger partial charge in [0.2, 0.25) is 0 Å². The number of halogens is 1. The number of methoxy groups -OCH3 is 1. The van der Waals surface area contributed by atoms with E-state index >= 15 is 0 Å². The molecule has 0 aliphatic rings. The van der Waals surface area contributed by atoms with Gasteiger partial charge < -0.3 is 4.74 Å². The summed E-state index contributed by atoms with van der Waals surface area (Å²) in [6.07, 6.45) is 0. The third-order valence-electron chi connectivity index (χ3n) is 4.19. The maximum atomic E-state index is 13.4. The quantitative estimate of drug-likeness (QED) is 0.347. The molecule has 0 fully saturated rings. The largest absolute Gasteiger partial charge is 0.497 e. The summed E-state index contributed by atoms with van der Waals surface area (Å²) < 4.78 is 18.6. The van der Waals surface area contributed by atoms with Crippen LogP contribution in [-0.4, -0.2) is 19.4 Å². The fourth-order valence-corrected chi connectivity index (χ4v) is 4.56. The molecule has 0 aliphatic carbocycles. The normalized spacial score (nSPS) is 12.0. The van der Waals surface area contributed by atoms with Gasteiger partial charge in [-0.1, -0.05) is 49.3 Å². The molecule has 0 saturated carbocycles. The average molecular weight is 439 g/mol. The van der Waals surface area contributed by atoms with Crippen LogP contribution >= 0.6 is 11.6 Å². The number of benzene rings is 3. The number of hydrogen-bond donors (Lipinski definition) is 0. The highest BCUT2D eigenvalue weighted by Gasteiger charge is 2.15. The average Bonchev–Trinajstić information content (AvgIpc) is 2.72. The highest BCUT2D eigenvalue weighted by atomic mass is 35.5. The number of hydrogen-bond acceptors (Lipinski definition) is 2. The Balaban J connectivity index is 2.10. The lowest BCUT2D eigenvalue weighted by Crippen LogP contribution is -2.16. The minimum absolute atomic E-state index is 0.668. The van der Waals surface area contributed by atoms with Crippen molar-refractivity contribution in [2.45, 2.75) is 29.4 Å². The zero-order valence-corrected chi connectivity index (χ0v) is 19.5. The van der Waals surface area contributed by atoms with Crippen LogP contribution in [0.2, 0.25) is 24.7 Å². The van der Waals surface area contributed by atoms with E-state index in [9.17, 15) is 4.21 Å². The maximum Gasteiger partial charge on any atom is 0.129 e. The van der Waals surface area contributed by atoms with Gasteiger partial charge in [0.1, 0.15) is 13.8 Å². The van der Waals surface area contributed by atoms with Gasteiger partial charge in [-0.2, -0.15) is 0 Å². The Morgan fingerprint density at radius 1 is 0.931 bits per heavy atom. The van der Waals surface area contributed by atoms with Crippen molar-refractivity contribution in [3.63, 3.8) is 0 Å². The highest BCUT2D eigenvalue weighted by molar-refractivity contribution is 7.85. The van der Waals surface area contributed by atoms with Crippen molar-refractivity contribution in [2.24, 2.45) is 0 Å². The van der Waals surface area contributed by atoms with Crippen molar-refractivity contribution >= 4 is 30.5 Å². The van der Waals surface area contributed by atoms with Crippen LogP contribution in [0.5, 0.6) is 5.75 Å². The molecule has 0 amide bonds. The van der Waals surface area contributed by atoms with Crippen LogP contribution in [0.25, 0.3) is 11.1 Å². The first-order valence-electron chi connectivity index (χ1n) is 9.26. The lowest BCUT2D eigenvalue weighted by Gasteiger charge is -2.12. The van der Waals surface area contributed by atoms with E-state index < -0.39 is 18.9 Å². The van der Waals surface area contributed by atoms with Gasteiger partial charge in [-0.15, -0.1) is 5.54 Å². The van der Waals surface area contributed by atoms with Gasteiger partial charge in [-0.25, -0.2) is 4.21 Å². The van der Waals surface area contributed by atoms with Crippen molar-refractivity contribution in [3.8, 4) is 28.3 Å². The second kappa shape index (κ2) is 9.00. The molecule has 0 N–H and O–H groups in total. The predicted molar refractivity (Wildman–Crippen MR) is 125 cm³/mol. The van der Waals surface area contributed by atoms with Gasteiger partial charge >= 0.3 is 0 Å². The van der Waals surface area contributed by atoms with E-state index in [1.165, 1.54) is 0 Å². The van der Waals surface area contributed by atoms with Gasteiger partial charge in [-0.3, -0.25) is 0 Å². The summed E-state index contributed by atoms with van der Waals surface area (Å²) in [5.74, 6) is 4.03. The monoisotopic (exact) mass is 438 g/mol. The van der Waals surface area contributed by atoms with Crippen LogP contribution in [-0.2, 0) is 10.8 Å². The Kier molecular flexibility index (Phi) is 6.64. The van der Waals surface area contributed by atoms with E-state index in [4.69, 9.17) is 16.3 Å². The van der Waals surface area contributed by atoms with Crippen LogP contribution in [0.3, 0.4) is 0 Å². The summed E-state index contributed by atoms with van der Waals surface area (Å²) >= 11 is 6.07. The first kappa shape index (κ1) is 21.4. The van der Waals surface area contributed by atoms with Crippen molar-refractivity contribution in [1.82, 2.24) is 0 Å². The van der Waals surface area contributed by atoms with E-state index in [-0.39, 0.29) is 0 Å². The molecule has 1 atom stereocenters. The van der Waals surface area contributed by atoms with Gasteiger partial charge in [0.05, 0.1) is 22.8 Å². The number of rotatable bonds is 4. The standard InChI is InChI=1S/C24H23ClO2SSi/c1-27-21-10-12-22(13-11-21)28(26)24-14-5-18(15-16-29(2,3)4)17-23(24)19-6-8-20(25)9-7-19/h5-14,17H,1-4H3. The number of ether oxygens (including phenoxy) is 1. The molecule has 3 aromatic rings. The molecular formula is C24H23ClO2SSi. The molecule has 0 bridgehead atoms. The Labute approximate surface area is 181 Å². The fraction of sp³-hybridized carbons (Fsp3) is 0.167. The second-order valence-electron chi connectivity index (χ2n) is 7.66. The first-order valence-corrected chi connectivity index (χ1v) is 14.3. The topological polar surface area (TPSA) is 26.3 Å². The van der Waals surface area contributed by atoms with Crippen LogP contribution < -0.4 is 4.74 Å². The predicted octanol–water partition coefficient (Wildman–Crippen LogP) is 6.41. The van der Waals surface area contributed by atoms with Crippen LogP contribution in [0.4, 0.5) is 0 Å². The lowest BCUT2D eigenvalue weighted by molar-refractivity contribution is 0.414. The van der Waals surface area contributed by atoms with Crippen molar-refractivity contribution in [2.75, 3.05) is 7.11 Å². The summed E-state index contributed by atoms with van der Waals surface area (Å²) in [5, 5.41) is 0.668. The Bertz CT molecular complexity index is 1090. The zero-order valence-electron chi connectivity index (χ0n) is 17.0. The van der Waals surface area contributed by atoms with E-state index in [0.29, 0.717) is 5.02 Å². The van der Waals surface area contributed by atoms with Crippen LogP contribution in [0.1, 0.15) is 5.56 Å². The molecule has 2 nitrogen and oxygen atoms in total. The third kappa shape index (κ3) is 5.60. The van der Waals surface area contributed by atoms with Crippen LogP contribution in [0, 0.1) is 11.5 Å². The molecule has 0 aromatic heterocycles. The molecular weight excluding hydrogens is 416 g/mol. The minimum Gasteiger partial charge on any atom is -0.497 e. The van der Waals surface area contributed by atoms with E-state index in [0.717, 1.165) is 32.2 Å². The van der Waals surface area contributed by atoms with Gasteiger partial charge in [0.25, 0.3) is 0 Å². The van der Waals surface area contributed by atoms with Crippen molar-refractivity contribution in [1.29, 1.82) is 0 Å².